The number of halogens is 2. The highest BCUT2D eigenvalue weighted by atomic mass is 35.5. The van der Waals surface area contributed by atoms with Gasteiger partial charge < -0.3 is 4.90 Å². The SMILES string of the molecule is Clc1ccc(CN(Cc2cncnc2)c2ccc(Cl)cc2)cc1. The zero-order chi connectivity index (χ0) is 16.1. The zero-order valence-corrected chi connectivity index (χ0v) is 13.9. The fraction of sp³-hybridized carbons (Fsp3) is 0.111. The Hall–Kier alpha value is -2.10. The summed E-state index contributed by atoms with van der Waals surface area (Å²) in [5, 5.41) is 1.46. The van der Waals surface area contributed by atoms with E-state index in [9.17, 15) is 0 Å². The zero-order valence-electron chi connectivity index (χ0n) is 12.4. The summed E-state index contributed by atoms with van der Waals surface area (Å²) in [4.78, 5) is 10.4. The first-order valence-electron chi connectivity index (χ1n) is 7.19. The van der Waals surface area contributed by atoms with Gasteiger partial charge in [0.25, 0.3) is 0 Å². The van der Waals surface area contributed by atoms with Crippen LogP contribution in [0.3, 0.4) is 0 Å². The average Bonchev–Trinajstić information content (AvgIpc) is 2.58. The molecule has 0 amide bonds. The van der Waals surface area contributed by atoms with E-state index < -0.39 is 0 Å². The Kier molecular flexibility index (Phi) is 5.11. The van der Waals surface area contributed by atoms with Crippen molar-refractivity contribution in [2.45, 2.75) is 13.1 Å². The number of rotatable bonds is 5. The van der Waals surface area contributed by atoms with Gasteiger partial charge in [-0.2, -0.15) is 0 Å². The molecule has 0 fully saturated rings. The second kappa shape index (κ2) is 7.44. The molecule has 3 nitrogen and oxygen atoms in total. The van der Waals surface area contributed by atoms with Gasteiger partial charge in [-0.15, -0.1) is 0 Å². The van der Waals surface area contributed by atoms with Crippen LogP contribution in [0.25, 0.3) is 0 Å². The van der Waals surface area contributed by atoms with E-state index >= 15 is 0 Å². The molecule has 3 aromatic rings. The number of anilines is 1. The topological polar surface area (TPSA) is 29.0 Å². The molecule has 0 bridgehead atoms. The summed E-state index contributed by atoms with van der Waals surface area (Å²) in [5.41, 5.74) is 3.32. The molecule has 3 rings (SSSR count). The van der Waals surface area contributed by atoms with E-state index in [4.69, 9.17) is 23.2 Å². The van der Waals surface area contributed by atoms with Crippen molar-refractivity contribution in [1.29, 1.82) is 0 Å². The van der Waals surface area contributed by atoms with E-state index in [0.29, 0.717) is 6.54 Å². The Morgan fingerprint density at radius 2 is 1.22 bits per heavy atom. The van der Waals surface area contributed by atoms with Gasteiger partial charge >= 0.3 is 0 Å². The lowest BCUT2D eigenvalue weighted by Crippen LogP contribution is -2.22. The van der Waals surface area contributed by atoms with E-state index in [0.717, 1.165) is 27.8 Å². The number of benzene rings is 2. The van der Waals surface area contributed by atoms with Crippen molar-refractivity contribution in [1.82, 2.24) is 9.97 Å². The molecular weight excluding hydrogens is 329 g/mol. The highest BCUT2D eigenvalue weighted by Gasteiger charge is 2.09. The van der Waals surface area contributed by atoms with Gasteiger partial charge in [-0.05, 0) is 42.0 Å². The molecule has 0 saturated heterocycles. The molecule has 0 atom stereocenters. The molecule has 1 heterocycles. The molecule has 0 aliphatic rings. The van der Waals surface area contributed by atoms with Crippen molar-refractivity contribution in [2.75, 3.05) is 4.90 Å². The van der Waals surface area contributed by atoms with E-state index in [1.165, 1.54) is 11.9 Å². The van der Waals surface area contributed by atoms with E-state index in [2.05, 4.69) is 14.9 Å². The summed E-state index contributed by atoms with van der Waals surface area (Å²) in [6, 6.07) is 15.7. The van der Waals surface area contributed by atoms with Gasteiger partial charge in [0.2, 0.25) is 0 Å². The van der Waals surface area contributed by atoms with Crippen LogP contribution in [-0.2, 0) is 13.1 Å². The van der Waals surface area contributed by atoms with Crippen LogP contribution in [-0.4, -0.2) is 9.97 Å². The molecule has 0 aliphatic heterocycles. The van der Waals surface area contributed by atoms with E-state index in [1.54, 1.807) is 0 Å². The molecule has 0 saturated carbocycles. The number of aromatic nitrogens is 2. The van der Waals surface area contributed by atoms with Gasteiger partial charge in [-0.25, -0.2) is 9.97 Å². The van der Waals surface area contributed by atoms with Crippen LogP contribution in [0, 0.1) is 0 Å². The predicted octanol–water partition coefficient (Wildman–Crippen LogP) is 4.99. The summed E-state index contributed by atoms with van der Waals surface area (Å²) in [6.45, 7) is 1.47. The maximum atomic E-state index is 6.00. The van der Waals surface area contributed by atoms with Gasteiger partial charge in [-0.3, -0.25) is 0 Å². The Morgan fingerprint density at radius 3 is 1.83 bits per heavy atom. The van der Waals surface area contributed by atoms with Crippen LogP contribution in [0.5, 0.6) is 0 Å². The summed E-state index contributed by atoms with van der Waals surface area (Å²) < 4.78 is 0. The molecule has 23 heavy (non-hydrogen) atoms. The molecule has 0 N–H and O–H groups in total. The second-order valence-corrected chi connectivity index (χ2v) is 6.08. The fourth-order valence-electron chi connectivity index (χ4n) is 2.33. The number of hydrogen-bond donors (Lipinski definition) is 0. The largest absolute Gasteiger partial charge is 0.363 e. The minimum Gasteiger partial charge on any atom is -0.363 e. The molecule has 0 radical (unpaired) electrons. The Labute approximate surface area is 145 Å². The molecule has 0 aliphatic carbocycles. The first kappa shape index (κ1) is 15.8. The lowest BCUT2D eigenvalue weighted by molar-refractivity contribution is 0.792. The third-order valence-electron chi connectivity index (χ3n) is 3.47. The molecule has 2 aromatic carbocycles. The minimum atomic E-state index is 0.713. The van der Waals surface area contributed by atoms with Gasteiger partial charge in [0.05, 0.1) is 0 Å². The van der Waals surface area contributed by atoms with Crippen LogP contribution in [0.1, 0.15) is 11.1 Å². The van der Waals surface area contributed by atoms with Gasteiger partial charge in [-0.1, -0.05) is 35.3 Å². The first-order chi connectivity index (χ1) is 11.2. The summed E-state index contributed by atoms with van der Waals surface area (Å²) >= 11 is 12.0. The van der Waals surface area contributed by atoms with Crippen molar-refractivity contribution in [3.63, 3.8) is 0 Å². The van der Waals surface area contributed by atoms with Crippen LogP contribution in [0.15, 0.2) is 67.3 Å². The Morgan fingerprint density at radius 1 is 0.696 bits per heavy atom. The lowest BCUT2D eigenvalue weighted by atomic mass is 10.1. The fourth-order valence-corrected chi connectivity index (χ4v) is 2.58. The monoisotopic (exact) mass is 343 g/mol. The number of nitrogens with zero attached hydrogens (tertiary/aromatic N) is 3. The highest BCUT2D eigenvalue weighted by Crippen LogP contribution is 2.22. The maximum absolute atomic E-state index is 6.00. The van der Waals surface area contributed by atoms with Crippen LogP contribution in [0.2, 0.25) is 10.0 Å². The maximum Gasteiger partial charge on any atom is 0.115 e. The van der Waals surface area contributed by atoms with Crippen molar-refractivity contribution in [3.8, 4) is 0 Å². The van der Waals surface area contributed by atoms with Crippen LogP contribution < -0.4 is 4.90 Å². The average molecular weight is 344 g/mol. The molecular formula is C18H15Cl2N3. The quantitative estimate of drug-likeness (QED) is 0.653. The van der Waals surface area contributed by atoms with Crippen LogP contribution in [0.4, 0.5) is 5.69 Å². The van der Waals surface area contributed by atoms with Gasteiger partial charge in [0.15, 0.2) is 0 Å². The molecule has 0 spiro atoms. The third kappa shape index (κ3) is 4.44. The molecule has 5 heteroatoms. The van der Waals surface area contributed by atoms with Crippen molar-refractivity contribution >= 4 is 28.9 Å². The van der Waals surface area contributed by atoms with Crippen molar-refractivity contribution in [2.24, 2.45) is 0 Å². The van der Waals surface area contributed by atoms with Crippen LogP contribution >= 0.6 is 23.2 Å². The summed E-state index contributed by atoms with van der Waals surface area (Å²) in [5.74, 6) is 0. The minimum absolute atomic E-state index is 0.713. The van der Waals surface area contributed by atoms with Crippen molar-refractivity contribution in [3.05, 3.63) is 88.4 Å². The Balaban J connectivity index is 1.86. The standard InChI is InChI=1S/C18H15Cl2N3/c19-16-3-1-14(2-4-16)11-23(12-15-9-21-13-22-10-15)18-7-5-17(20)6-8-18/h1-10,13H,11-12H2. The third-order valence-corrected chi connectivity index (χ3v) is 3.97. The molecule has 1 aromatic heterocycles. The van der Waals surface area contributed by atoms with E-state index in [1.807, 2.05) is 60.9 Å². The number of hydrogen-bond acceptors (Lipinski definition) is 3. The second-order valence-electron chi connectivity index (χ2n) is 5.21. The Bertz CT molecular complexity index is 743. The highest BCUT2D eigenvalue weighted by molar-refractivity contribution is 6.30. The lowest BCUT2D eigenvalue weighted by Gasteiger charge is -2.25. The predicted molar refractivity (Wildman–Crippen MR) is 94.8 cm³/mol. The van der Waals surface area contributed by atoms with Gasteiger partial charge in [0.1, 0.15) is 6.33 Å². The van der Waals surface area contributed by atoms with Gasteiger partial charge in [0, 0.05) is 46.8 Å². The van der Waals surface area contributed by atoms with Crippen molar-refractivity contribution < 1.29 is 0 Å². The molecule has 116 valence electrons. The first-order valence-corrected chi connectivity index (χ1v) is 7.95. The normalized spacial score (nSPS) is 10.5. The van der Waals surface area contributed by atoms with E-state index in [-0.39, 0.29) is 0 Å². The summed E-state index contributed by atoms with van der Waals surface area (Å²) in [6.07, 6.45) is 5.20. The summed E-state index contributed by atoms with van der Waals surface area (Å²) in [7, 11) is 0. The smallest absolute Gasteiger partial charge is 0.115 e. The molecule has 0 unspecified atom stereocenters.